The van der Waals surface area contributed by atoms with Crippen LogP contribution in [0.3, 0.4) is 0 Å². The molecule has 3 rings (SSSR count). The molecule has 0 amide bonds. The fraction of sp³-hybridized carbons (Fsp3) is 0.250. The summed E-state index contributed by atoms with van der Waals surface area (Å²) in [5.74, 6) is 0.164. The van der Waals surface area contributed by atoms with Gasteiger partial charge in [0.25, 0.3) is 0 Å². The molecule has 0 saturated heterocycles. The van der Waals surface area contributed by atoms with E-state index in [1.54, 1.807) is 0 Å². The zero-order chi connectivity index (χ0) is 13.9. The van der Waals surface area contributed by atoms with Crippen molar-refractivity contribution in [2.45, 2.75) is 12.8 Å². The van der Waals surface area contributed by atoms with Gasteiger partial charge in [0.05, 0.1) is 16.8 Å². The van der Waals surface area contributed by atoms with Gasteiger partial charge in [0.1, 0.15) is 11.4 Å². The lowest BCUT2D eigenvalue weighted by molar-refractivity contribution is -0.386. The Labute approximate surface area is 113 Å². The summed E-state index contributed by atoms with van der Waals surface area (Å²) in [5.41, 5.74) is 1.59. The molecule has 1 aliphatic carbocycles. The standard InChI is InChI=1S/C12H12N6O2/c19-18(20)12-10(5-8-3-1-2-4-8)15-16-11(12)6-9-7-13-17-14-9/h1-4,7-8H,5-6H2,(H,15,16)(H,13,14,17). The molecule has 2 aromatic heterocycles. The number of rotatable bonds is 5. The smallest absolute Gasteiger partial charge is 0.275 e. The number of aromatic nitrogens is 5. The van der Waals surface area contributed by atoms with Gasteiger partial charge in [0.15, 0.2) is 0 Å². The Morgan fingerprint density at radius 2 is 2.10 bits per heavy atom. The average Bonchev–Trinajstić information content (AvgIpc) is 3.12. The van der Waals surface area contributed by atoms with E-state index in [0.717, 1.165) is 0 Å². The Morgan fingerprint density at radius 3 is 2.75 bits per heavy atom. The van der Waals surface area contributed by atoms with Crippen molar-refractivity contribution in [3.8, 4) is 0 Å². The number of hydrogen-bond donors (Lipinski definition) is 2. The van der Waals surface area contributed by atoms with Crippen LogP contribution in [0.15, 0.2) is 30.5 Å². The molecule has 8 nitrogen and oxygen atoms in total. The van der Waals surface area contributed by atoms with Crippen LogP contribution in [0.5, 0.6) is 0 Å². The minimum atomic E-state index is -0.392. The first kappa shape index (κ1) is 12.3. The van der Waals surface area contributed by atoms with Gasteiger partial charge in [-0.25, -0.2) is 0 Å². The zero-order valence-electron chi connectivity index (χ0n) is 10.5. The maximum absolute atomic E-state index is 11.3. The van der Waals surface area contributed by atoms with Gasteiger partial charge in [-0.05, 0) is 0 Å². The Balaban J connectivity index is 1.87. The molecule has 0 saturated carbocycles. The summed E-state index contributed by atoms with van der Waals surface area (Å²) in [6, 6.07) is 0. The summed E-state index contributed by atoms with van der Waals surface area (Å²) >= 11 is 0. The Bertz CT molecular complexity index is 658. The van der Waals surface area contributed by atoms with E-state index in [1.807, 2.05) is 24.3 Å². The largest absolute Gasteiger partial charge is 0.313 e. The van der Waals surface area contributed by atoms with Crippen molar-refractivity contribution in [2.75, 3.05) is 0 Å². The third-order valence-electron chi connectivity index (χ3n) is 3.15. The summed E-state index contributed by atoms with van der Waals surface area (Å²) in [5, 5.41) is 28.2. The summed E-state index contributed by atoms with van der Waals surface area (Å²) in [6.07, 6.45) is 10.2. The maximum atomic E-state index is 11.3. The molecule has 0 aliphatic heterocycles. The van der Waals surface area contributed by atoms with Crippen LogP contribution < -0.4 is 0 Å². The molecule has 2 heterocycles. The van der Waals surface area contributed by atoms with Crippen LogP contribution in [-0.4, -0.2) is 30.5 Å². The maximum Gasteiger partial charge on any atom is 0.313 e. The van der Waals surface area contributed by atoms with E-state index in [-0.39, 0.29) is 11.6 Å². The Kier molecular flexibility index (Phi) is 3.12. The molecule has 2 aromatic rings. The van der Waals surface area contributed by atoms with Gasteiger partial charge >= 0.3 is 5.69 Å². The minimum Gasteiger partial charge on any atom is -0.275 e. The van der Waals surface area contributed by atoms with Crippen molar-refractivity contribution in [3.05, 3.63) is 57.7 Å². The number of H-pyrrole nitrogens is 2. The van der Waals surface area contributed by atoms with E-state index in [2.05, 4.69) is 25.6 Å². The molecular formula is C12H12N6O2. The molecule has 0 atom stereocenters. The van der Waals surface area contributed by atoms with Crippen LogP contribution in [0.2, 0.25) is 0 Å². The SMILES string of the molecule is O=[N+]([O-])c1c(CC2C=CC=C2)n[nH]c1Cc1cn[nH]n1. The van der Waals surface area contributed by atoms with Crippen LogP contribution in [-0.2, 0) is 12.8 Å². The Morgan fingerprint density at radius 1 is 1.30 bits per heavy atom. The van der Waals surface area contributed by atoms with Crippen molar-refractivity contribution < 1.29 is 4.92 Å². The van der Waals surface area contributed by atoms with Crippen LogP contribution in [0.25, 0.3) is 0 Å². The van der Waals surface area contributed by atoms with Gasteiger partial charge in [-0.1, -0.05) is 24.3 Å². The number of nitro groups is 1. The Hall–Kier alpha value is -2.77. The molecule has 0 radical (unpaired) electrons. The third kappa shape index (κ3) is 2.35. The second-order valence-electron chi connectivity index (χ2n) is 4.53. The van der Waals surface area contributed by atoms with Crippen molar-refractivity contribution in [2.24, 2.45) is 5.92 Å². The van der Waals surface area contributed by atoms with Crippen molar-refractivity contribution in [3.63, 3.8) is 0 Å². The second-order valence-corrected chi connectivity index (χ2v) is 4.53. The van der Waals surface area contributed by atoms with Gasteiger partial charge < -0.3 is 0 Å². The van der Waals surface area contributed by atoms with E-state index < -0.39 is 4.92 Å². The highest BCUT2D eigenvalue weighted by atomic mass is 16.6. The lowest BCUT2D eigenvalue weighted by Gasteiger charge is -2.01. The van der Waals surface area contributed by atoms with Gasteiger partial charge in [-0.2, -0.15) is 20.5 Å². The fourth-order valence-corrected chi connectivity index (χ4v) is 2.23. The fourth-order valence-electron chi connectivity index (χ4n) is 2.23. The van der Waals surface area contributed by atoms with E-state index in [9.17, 15) is 10.1 Å². The molecule has 0 aromatic carbocycles. The van der Waals surface area contributed by atoms with Crippen LogP contribution in [0.1, 0.15) is 17.1 Å². The molecule has 0 fully saturated rings. The lowest BCUT2D eigenvalue weighted by atomic mass is 10.0. The number of nitrogens with zero attached hydrogens (tertiary/aromatic N) is 4. The first-order valence-electron chi connectivity index (χ1n) is 6.14. The number of aromatic amines is 2. The van der Waals surface area contributed by atoms with Gasteiger partial charge in [0.2, 0.25) is 0 Å². The first-order valence-corrected chi connectivity index (χ1v) is 6.14. The van der Waals surface area contributed by atoms with Crippen molar-refractivity contribution in [1.29, 1.82) is 0 Å². The molecule has 102 valence electrons. The van der Waals surface area contributed by atoms with Crippen LogP contribution in [0, 0.1) is 16.0 Å². The highest BCUT2D eigenvalue weighted by Crippen LogP contribution is 2.26. The first-order chi connectivity index (χ1) is 9.74. The monoisotopic (exact) mass is 272 g/mol. The summed E-state index contributed by atoms with van der Waals surface area (Å²) in [6.45, 7) is 0. The second kappa shape index (κ2) is 5.08. The number of nitrogens with one attached hydrogen (secondary N) is 2. The quantitative estimate of drug-likeness (QED) is 0.629. The topological polar surface area (TPSA) is 113 Å². The van der Waals surface area contributed by atoms with E-state index in [0.29, 0.717) is 29.9 Å². The highest BCUT2D eigenvalue weighted by molar-refractivity contribution is 5.43. The molecule has 0 spiro atoms. The zero-order valence-corrected chi connectivity index (χ0v) is 10.5. The predicted octanol–water partition coefficient (Wildman–Crippen LogP) is 1.31. The van der Waals surface area contributed by atoms with Gasteiger partial charge in [-0.3, -0.25) is 15.2 Å². The molecule has 1 aliphatic rings. The van der Waals surface area contributed by atoms with E-state index >= 15 is 0 Å². The molecule has 0 bridgehead atoms. The highest BCUT2D eigenvalue weighted by Gasteiger charge is 2.26. The average molecular weight is 272 g/mol. The predicted molar refractivity (Wildman–Crippen MR) is 69.9 cm³/mol. The summed E-state index contributed by atoms with van der Waals surface area (Å²) < 4.78 is 0. The summed E-state index contributed by atoms with van der Waals surface area (Å²) in [7, 11) is 0. The number of allylic oxidation sites excluding steroid dienone is 4. The van der Waals surface area contributed by atoms with Crippen LogP contribution in [0.4, 0.5) is 5.69 Å². The van der Waals surface area contributed by atoms with Crippen LogP contribution >= 0.6 is 0 Å². The molecule has 0 unspecified atom stereocenters. The molecule has 2 N–H and O–H groups in total. The van der Waals surface area contributed by atoms with E-state index in [1.165, 1.54) is 6.20 Å². The molecule has 20 heavy (non-hydrogen) atoms. The summed E-state index contributed by atoms with van der Waals surface area (Å²) in [4.78, 5) is 10.9. The van der Waals surface area contributed by atoms with Gasteiger partial charge in [0, 0.05) is 18.8 Å². The van der Waals surface area contributed by atoms with Crippen molar-refractivity contribution >= 4 is 5.69 Å². The normalized spacial score (nSPS) is 14.2. The number of hydrogen-bond acceptors (Lipinski definition) is 5. The molecule has 8 heteroatoms. The van der Waals surface area contributed by atoms with Gasteiger partial charge in [-0.15, -0.1) is 0 Å². The van der Waals surface area contributed by atoms with E-state index in [4.69, 9.17) is 0 Å². The minimum absolute atomic E-state index is 0.0432. The lowest BCUT2D eigenvalue weighted by Crippen LogP contribution is -2.01. The van der Waals surface area contributed by atoms with Crippen molar-refractivity contribution in [1.82, 2.24) is 25.6 Å². The molecular weight excluding hydrogens is 260 g/mol. The third-order valence-corrected chi connectivity index (χ3v) is 3.15.